The Morgan fingerprint density at radius 1 is 1.41 bits per heavy atom. The van der Waals surface area contributed by atoms with Gasteiger partial charge in [0.05, 0.1) is 17.8 Å². The van der Waals surface area contributed by atoms with E-state index < -0.39 is 11.5 Å². The Labute approximate surface area is 103 Å². The monoisotopic (exact) mass is 262 g/mol. The number of hydrogen-bond donors (Lipinski definition) is 1. The summed E-state index contributed by atoms with van der Waals surface area (Å²) in [6, 6.07) is 0. The lowest BCUT2D eigenvalue weighted by molar-refractivity contribution is -0.0518. The standard InChI is InChI=1S/C11H16F2N2OS/c1-16-6-9-15-8(7-17-9)10(14)2-4-11(12,13)5-3-10/h7H,2-6,14H2,1H3. The van der Waals surface area contributed by atoms with Crippen molar-refractivity contribution in [3.8, 4) is 0 Å². The Kier molecular flexibility index (Phi) is 3.47. The molecule has 1 aliphatic carbocycles. The van der Waals surface area contributed by atoms with Crippen LogP contribution in [0.5, 0.6) is 0 Å². The minimum Gasteiger partial charge on any atom is -0.378 e. The van der Waals surface area contributed by atoms with Crippen molar-refractivity contribution >= 4 is 11.3 Å². The Balaban J connectivity index is 2.10. The summed E-state index contributed by atoms with van der Waals surface area (Å²) in [6.07, 6.45) is 0.271. The summed E-state index contributed by atoms with van der Waals surface area (Å²) in [6.45, 7) is 0.441. The van der Waals surface area contributed by atoms with Gasteiger partial charge in [0, 0.05) is 25.3 Å². The van der Waals surface area contributed by atoms with Crippen LogP contribution >= 0.6 is 11.3 Å². The van der Waals surface area contributed by atoms with E-state index in [2.05, 4.69) is 4.98 Å². The number of nitrogens with two attached hydrogens (primary N) is 1. The molecule has 0 bridgehead atoms. The number of halogens is 2. The number of ether oxygens (including phenoxy) is 1. The summed E-state index contributed by atoms with van der Waals surface area (Å²) < 4.78 is 31.2. The third-order valence-corrected chi connectivity index (χ3v) is 4.03. The van der Waals surface area contributed by atoms with Crippen LogP contribution in [0, 0.1) is 0 Å². The highest BCUT2D eigenvalue weighted by atomic mass is 32.1. The van der Waals surface area contributed by atoms with Gasteiger partial charge in [-0.2, -0.15) is 0 Å². The molecule has 2 N–H and O–H groups in total. The Hall–Kier alpha value is -0.590. The molecule has 0 aromatic carbocycles. The van der Waals surface area contributed by atoms with Crippen molar-refractivity contribution in [2.45, 2.75) is 43.8 Å². The number of thiazole rings is 1. The number of methoxy groups -OCH3 is 1. The van der Waals surface area contributed by atoms with Gasteiger partial charge in [-0.1, -0.05) is 0 Å². The Morgan fingerprint density at radius 3 is 2.65 bits per heavy atom. The molecule has 1 aliphatic rings. The van der Waals surface area contributed by atoms with Gasteiger partial charge in [0.2, 0.25) is 5.92 Å². The van der Waals surface area contributed by atoms with Crippen molar-refractivity contribution in [3.05, 3.63) is 16.1 Å². The van der Waals surface area contributed by atoms with E-state index in [0.29, 0.717) is 6.61 Å². The molecule has 0 unspecified atom stereocenters. The van der Waals surface area contributed by atoms with Crippen LogP contribution in [-0.2, 0) is 16.9 Å². The Morgan fingerprint density at radius 2 is 2.06 bits per heavy atom. The smallest absolute Gasteiger partial charge is 0.248 e. The zero-order valence-electron chi connectivity index (χ0n) is 9.71. The van der Waals surface area contributed by atoms with E-state index in [4.69, 9.17) is 10.5 Å². The third-order valence-electron chi connectivity index (χ3n) is 3.20. The maximum absolute atomic E-state index is 13.1. The fourth-order valence-corrected chi connectivity index (χ4v) is 2.92. The molecule has 6 heteroatoms. The molecule has 1 saturated carbocycles. The third kappa shape index (κ3) is 2.81. The van der Waals surface area contributed by atoms with Crippen LogP contribution < -0.4 is 5.73 Å². The van der Waals surface area contributed by atoms with E-state index in [1.807, 2.05) is 5.38 Å². The molecule has 0 atom stereocenters. The zero-order valence-corrected chi connectivity index (χ0v) is 10.5. The lowest BCUT2D eigenvalue weighted by Crippen LogP contribution is -2.43. The molecule has 1 heterocycles. The highest BCUT2D eigenvalue weighted by Crippen LogP contribution is 2.42. The maximum atomic E-state index is 13.1. The fraction of sp³-hybridized carbons (Fsp3) is 0.727. The van der Waals surface area contributed by atoms with E-state index >= 15 is 0 Å². The molecule has 0 saturated heterocycles. The number of nitrogens with zero attached hydrogens (tertiary/aromatic N) is 1. The number of hydrogen-bond acceptors (Lipinski definition) is 4. The van der Waals surface area contributed by atoms with Crippen LogP contribution in [0.25, 0.3) is 0 Å². The predicted octanol–water partition coefficient (Wildman–Crippen LogP) is 2.65. The highest BCUT2D eigenvalue weighted by Gasteiger charge is 2.43. The van der Waals surface area contributed by atoms with Crippen molar-refractivity contribution in [3.63, 3.8) is 0 Å². The molecule has 17 heavy (non-hydrogen) atoms. The molecule has 3 nitrogen and oxygen atoms in total. The van der Waals surface area contributed by atoms with Crippen LogP contribution in [0.4, 0.5) is 8.78 Å². The molecule has 1 fully saturated rings. The van der Waals surface area contributed by atoms with Crippen LogP contribution in [-0.4, -0.2) is 18.0 Å². The van der Waals surface area contributed by atoms with Crippen molar-refractivity contribution in [2.24, 2.45) is 5.73 Å². The van der Waals surface area contributed by atoms with Gasteiger partial charge in [-0.25, -0.2) is 13.8 Å². The zero-order chi connectivity index (χ0) is 12.5. The van der Waals surface area contributed by atoms with Crippen molar-refractivity contribution < 1.29 is 13.5 Å². The number of aromatic nitrogens is 1. The molecule has 0 radical (unpaired) electrons. The summed E-state index contributed by atoms with van der Waals surface area (Å²) in [5.74, 6) is -2.56. The van der Waals surface area contributed by atoms with Crippen molar-refractivity contribution in [2.75, 3.05) is 7.11 Å². The van der Waals surface area contributed by atoms with Crippen LogP contribution in [0.2, 0.25) is 0 Å². The van der Waals surface area contributed by atoms with Gasteiger partial charge in [0.25, 0.3) is 0 Å². The quantitative estimate of drug-likeness (QED) is 0.911. The van der Waals surface area contributed by atoms with Crippen LogP contribution in [0.1, 0.15) is 36.4 Å². The molecular formula is C11H16F2N2OS. The van der Waals surface area contributed by atoms with Gasteiger partial charge in [0.15, 0.2) is 0 Å². The molecule has 0 spiro atoms. The number of alkyl halides is 2. The predicted molar refractivity (Wildman–Crippen MR) is 62.1 cm³/mol. The molecule has 1 aromatic rings. The second-order valence-corrected chi connectivity index (χ2v) is 5.51. The van der Waals surface area contributed by atoms with E-state index in [1.165, 1.54) is 11.3 Å². The SMILES string of the molecule is COCc1nc(C2(N)CCC(F)(F)CC2)cs1. The average molecular weight is 262 g/mol. The first-order chi connectivity index (χ1) is 7.95. The summed E-state index contributed by atoms with van der Waals surface area (Å²) in [5, 5.41) is 2.70. The lowest BCUT2D eigenvalue weighted by Gasteiger charge is -2.35. The average Bonchev–Trinajstić information content (AvgIpc) is 2.73. The first-order valence-corrected chi connectivity index (χ1v) is 6.44. The molecule has 0 aliphatic heterocycles. The molecule has 0 amide bonds. The first-order valence-electron chi connectivity index (χ1n) is 5.56. The van der Waals surface area contributed by atoms with Crippen molar-refractivity contribution in [1.29, 1.82) is 0 Å². The van der Waals surface area contributed by atoms with E-state index in [0.717, 1.165) is 10.7 Å². The lowest BCUT2D eigenvalue weighted by atomic mass is 9.79. The highest BCUT2D eigenvalue weighted by molar-refractivity contribution is 7.09. The second kappa shape index (κ2) is 4.59. The van der Waals surface area contributed by atoms with Gasteiger partial charge in [-0.15, -0.1) is 11.3 Å². The normalized spacial score (nSPS) is 22.6. The van der Waals surface area contributed by atoms with Crippen molar-refractivity contribution in [1.82, 2.24) is 4.98 Å². The van der Waals surface area contributed by atoms with Gasteiger partial charge < -0.3 is 10.5 Å². The Bertz CT molecular complexity index is 385. The van der Waals surface area contributed by atoms with E-state index in [1.54, 1.807) is 7.11 Å². The topological polar surface area (TPSA) is 48.1 Å². The van der Waals surface area contributed by atoms with Crippen LogP contribution in [0.15, 0.2) is 5.38 Å². The molecule has 96 valence electrons. The minimum absolute atomic E-state index is 0.152. The summed E-state index contributed by atoms with van der Waals surface area (Å²) in [4.78, 5) is 4.37. The maximum Gasteiger partial charge on any atom is 0.248 e. The molecule has 1 aromatic heterocycles. The van der Waals surface area contributed by atoms with E-state index in [-0.39, 0.29) is 25.7 Å². The second-order valence-electron chi connectivity index (χ2n) is 4.57. The van der Waals surface area contributed by atoms with Gasteiger partial charge in [-0.05, 0) is 12.8 Å². The van der Waals surface area contributed by atoms with Gasteiger partial charge in [-0.3, -0.25) is 0 Å². The van der Waals surface area contributed by atoms with Crippen LogP contribution in [0.3, 0.4) is 0 Å². The number of rotatable bonds is 3. The molecule has 2 rings (SSSR count). The fourth-order valence-electron chi connectivity index (χ4n) is 2.05. The van der Waals surface area contributed by atoms with E-state index in [9.17, 15) is 8.78 Å². The summed E-state index contributed by atoms with van der Waals surface area (Å²) in [7, 11) is 1.60. The van der Waals surface area contributed by atoms with Gasteiger partial charge >= 0.3 is 0 Å². The van der Waals surface area contributed by atoms with Gasteiger partial charge in [0.1, 0.15) is 5.01 Å². The largest absolute Gasteiger partial charge is 0.378 e. The summed E-state index contributed by atoms with van der Waals surface area (Å²) >= 11 is 1.46. The first kappa shape index (κ1) is 12.9. The minimum atomic E-state index is -2.56. The molecular weight excluding hydrogens is 246 g/mol. The summed E-state index contributed by atoms with van der Waals surface area (Å²) in [5.41, 5.74) is 6.22.